The summed E-state index contributed by atoms with van der Waals surface area (Å²) in [5, 5.41) is 2.80. The van der Waals surface area contributed by atoms with Gasteiger partial charge in [0.25, 0.3) is 0 Å². The molecule has 114 valence electrons. The lowest BCUT2D eigenvalue weighted by Gasteiger charge is -2.35. The highest BCUT2D eigenvalue weighted by atomic mass is 16.5. The van der Waals surface area contributed by atoms with Gasteiger partial charge in [-0.3, -0.25) is 9.69 Å². The standard InChI is InChI=1S/C13H24N4O3/c1-2-14-13(19)17-5-3-15(4-6-17)11-12(18)16-7-9-20-10-8-16/h2-11H2,1H3,(H,14,19). The molecule has 2 fully saturated rings. The number of urea groups is 1. The van der Waals surface area contributed by atoms with Gasteiger partial charge in [0, 0.05) is 45.8 Å². The first-order chi connectivity index (χ1) is 9.70. The zero-order valence-electron chi connectivity index (χ0n) is 12.1. The van der Waals surface area contributed by atoms with E-state index in [0.29, 0.717) is 52.5 Å². The number of nitrogens with zero attached hydrogens (tertiary/aromatic N) is 3. The first kappa shape index (κ1) is 15.1. The number of ether oxygens (including phenoxy) is 1. The van der Waals surface area contributed by atoms with Gasteiger partial charge in [-0.25, -0.2) is 4.79 Å². The molecular formula is C13H24N4O3. The Labute approximate surface area is 119 Å². The Bertz CT molecular complexity index is 337. The summed E-state index contributed by atoms with van der Waals surface area (Å²) in [6, 6.07) is -0.00773. The second kappa shape index (κ2) is 7.44. The molecule has 3 amide bonds. The Hall–Kier alpha value is -1.34. The van der Waals surface area contributed by atoms with Crippen LogP contribution in [0.25, 0.3) is 0 Å². The molecule has 0 aliphatic carbocycles. The predicted molar refractivity (Wildman–Crippen MR) is 74.5 cm³/mol. The Morgan fingerprint density at radius 3 is 2.25 bits per heavy atom. The fraction of sp³-hybridized carbons (Fsp3) is 0.846. The molecule has 0 bridgehead atoms. The minimum absolute atomic E-state index is 0.00773. The van der Waals surface area contributed by atoms with Gasteiger partial charge in [-0.05, 0) is 6.92 Å². The number of rotatable bonds is 3. The second-order valence-corrected chi connectivity index (χ2v) is 5.09. The zero-order chi connectivity index (χ0) is 14.4. The van der Waals surface area contributed by atoms with E-state index in [1.54, 1.807) is 4.90 Å². The van der Waals surface area contributed by atoms with Crippen LogP contribution in [-0.4, -0.2) is 92.2 Å². The fourth-order valence-electron chi connectivity index (χ4n) is 2.48. The van der Waals surface area contributed by atoms with Gasteiger partial charge >= 0.3 is 6.03 Å². The first-order valence-electron chi connectivity index (χ1n) is 7.31. The van der Waals surface area contributed by atoms with E-state index in [2.05, 4.69) is 10.2 Å². The molecule has 0 aromatic carbocycles. The van der Waals surface area contributed by atoms with Crippen molar-refractivity contribution in [1.29, 1.82) is 0 Å². The number of carbonyl (C=O) groups is 2. The smallest absolute Gasteiger partial charge is 0.317 e. The molecule has 0 aromatic rings. The molecule has 1 N–H and O–H groups in total. The van der Waals surface area contributed by atoms with E-state index >= 15 is 0 Å². The Balaban J connectivity index is 1.71. The van der Waals surface area contributed by atoms with E-state index < -0.39 is 0 Å². The molecule has 2 aliphatic heterocycles. The van der Waals surface area contributed by atoms with E-state index in [4.69, 9.17) is 4.74 Å². The number of carbonyl (C=O) groups excluding carboxylic acids is 2. The van der Waals surface area contributed by atoms with Crippen LogP contribution in [0.1, 0.15) is 6.92 Å². The van der Waals surface area contributed by atoms with Crippen LogP contribution in [0.15, 0.2) is 0 Å². The summed E-state index contributed by atoms with van der Waals surface area (Å²) in [5.74, 6) is 0.166. The number of hydrogen-bond acceptors (Lipinski definition) is 4. The van der Waals surface area contributed by atoms with Crippen molar-refractivity contribution in [2.45, 2.75) is 6.92 Å². The van der Waals surface area contributed by atoms with E-state index in [0.717, 1.165) is 13.1 Å². The highest BCUT2D eigenvalue weighted by Crippen LogP contribution is 2.04. The van der Waals surface area contributed by atoms with Gasteiger partial charge in [0.1, 0.15) is 0 Å². The third kappa shape index (κ3) is 4.08. The molecule has 20 heavy (non-hydrogen) atoms. The average molecular weight is 284 g/mol. The van der Waals surface area contributed by atoms with Crippen molar-refractivity contribution >= 4 is 11.9 Å². The summed E-state index contributed by atoms with van der Waals surface area (Å²) in [7, 11) is 0. The summed E-state index contributed by atoms with van der Waals surface area (Å²) >= 11 is 0. The third-order valence-corrected chi connectivity index (χ3v) is 3.71. The number of morpholine rings is 1. The molecule has 0 radical (unpaired) electrons. The van der Waals surface area contributed by atoms with E-state index in [-0.39, 0.29) is 11.9 Å². The van der Waals surface area contributed by atoms with Gasteiger partial charge in [-0.2, -0.15) is 0 Å². The van der Waals surface area contributed by atoms with Crippen molar-refractivity contribution in [2.75, 3.05) is 65.6 Å². The quantitative estimate of drug-likeness (QED) is 0.736. The van der Waals surface area contributed by atoms with Crippen LogP contribution in [-0.2, 0) is 9.53 Å². The molecule has 7 nitrogen and oxygen atoms in total. The van der Waals surface area contributed by atoms with Crippen LogP contribution in [0, 0.1) is 0 Å². The molecular weight excluding hydrogens is 260 g/mol. The predicted octanol–water partition coefficient (Wildman–Crippen LogP) is -0.808. The summed E-state index contributed by atoms with van der Waals surface area (Å²) in [6.45, 7) is 8.54. The first-order valence-corrected chi connectivity index (χ1v) is 7.31. The van der Waals surface area contributed by atoms with Gasteiger partial charge in [-0.15, -0.1) is 0 Å². The number of amides is 3. The van der Waals surface area contributed by atoms with Gasteiger partial charge in [0.05, 0.1) is 19.8 Å². The minimum Gasteiger partial charge on any atom is -0.378 e. The minimum atomic E-state index is -0.00773. The Kier molecular flexibility index (Phi) is 5.60. The Morgan fingerprint density at radius 1 is 1.00 bits per heavy atom. The normalized spacial score (nSPS) is 20.9. The highest BCUT2D eigenvalue weighted by molar-refractivity contribution is 5.78. The van der Waals surface area contributed by atoms with Gasteiger partial charge < -0.3 is 19.9 Å². The summed E-state index contributed by atoms with van der Waals surface area (Å²) < 4.78 is 5.24. The van der Waals surface area contributed by atoms with Gasteiger partial charge in [0.2, 0.25) is 5.91 Å². The maximum atomic E-state index is 12.1. The SMILES string of the molecule is CCNC(=O)N1CCN(CC(=O)N2CCOCC2)CC1. The van der Waals surface area contributed by atoms with Crippen molar-refractivity contribution < 1.29 is 14.3 Å². The lowest BCUT2D eigenvalue weighted by Crippen LogP contribution is -2.54. The summed E-state index contributed by atoms with van der Waals surface area (Å²) in [4.78, 5) is 29.6. The molecule has 0 unspecified atom stereocenters. The maximum absolute atomic E-state index is 12.1. The van der Waals surface area contributed by atoms with Crippen LogP contribution in [0.2, 0.25) is 0 Å². The largest absolute Gasteiger partial charge is 0.378 e. The molecule has 2 heterocycles. The van der Waals surface area contributed by atoms with Crippen molar-refractivity contribution in [3.05, 3.63) is 0 Å². The summed E-state index contributed by atoms with van der Waals surface area (Å²) in [5.41, 5.74) is 0. The van der Waals surface area contributed by atoms with E-state index in [9.17, 15) is 9.59 Å². The monoisotopic (exact) mass is 284 g/mol. The van der Waals surface area contributed by atoms with Crippen LogP contribution in [0.5, 0.6) is 0 Å². The Morgan fingerprint density at radius 2 is 1.65 bits per heavy atom. The lowest BCUT2D eigenvalue weighted by atomic mass is 10.3. The molecule has 0 aromatic heterocycles. The van der Waals surface area contributed by atoms with Gasteiger partial charge in [-0.1, -0.05) is 0 Å². The van der Waals surface area contributed by atoms with Crippen molar-refractivity contribution in [3.63, 3.8) is 0 Å². The lowest BCUT2D eigenvalue weighted by molar-refractivity contribution is -0.136. The van der Waals surface area contributed by atoms with Crippen molar-refractivity contribution in [1.82, 2.24) is 20.0 Å². The molecule has 2 saturated heterocycles. The zero-order valence-corrected chi connectivity index (χ0v) is 12.1. The maximum Gasteiger partial charge on any atom is 0.317 e. The number of hydrogen-bond donors (Lipinski definition) is 1. The molecule has 7 heteroatoms. The molecule has 2 aliphatic rings. The second-order valence-electron chi connectivity index (χ2n) is 5.09. The fourth-order valence-corrected chi connectivity index (χ4v) is 2.48. The molecule has 0 spiro atoms. The molecule has 2 rings (SSSR count). The third-order valence-electron chi connectivity index (χ3n) is 3.71. The average Bonchev–Trinajstić information content (AvgIpc) is 2.49. The highest BCUT2D eigenvalue weighted by Gasteiger charge is 2.24. The molecule has 0 atom stereocenters. The van der Waals surface area contributed by atoms with Crippen molar-refractivity contribution in [2.24, 2.45) is 0 Å². The number of nitrogens with one attached hydrogen (secondary N) is 1. The van der Waals surface area contributed by atoms with Crippen molar-refractivity contribution in [3.8, 4) is 0 Å². The summed E-state index contributed by atoms with van der Waals surface area (Å²) in [6.07, 6.45) is 0. The topological polar surface area (TPSA) is 65.1 Å². The van der Waals surface area contributed by atoms with E-state index in [1.807, 2.05) is 11.8 Å². The number of piperazine rings is 1. The molecule has 0 saturated carbocycles. The van der Waals surface area contributed by atoms with Gasteiger partial charge in [0.15, 0.2) is 0 Å². The van der Waals surface area contributed by atoms with Crippen LogP contribution in [0.4, 0.5) is 4.79 Å². The van der Waals surface area contributed by atoms with Crippen LogP contribution >= 0.6 is 0 Å². The van der Waals surface area contributed by atoms with E-state index in [1.165, 1.54) is 0 Å². The van der Waals surface area contributed by atoms with Crippen LogP contribution in [0.3, 0.4) is 0 Å². The van der Waals surface area contributed by atoms with Crippen LogP contribution < -0.4 is 5.32 Å².